The second kappa shape index (κ2) is 6.29. The summed E-state index contributed by atoms with van der Waals surface area (Å²) in [7, 11) is 0. The van der Waals surface area contributed by atoms with Gasteiger partial charge in [-0.25, -0.2) is 4.79 Å². The number of hydrogen-bond acceptors (Lipinski definition) is 4. The van der Waals surface area contributed by atoms with Crippen LogP contribution in [0.15, 0.2) is 30.3 Å². The standard InChI is InChI=1S/C17H22O4/c1-12(2)10-21-16(19)17(3)9-14(17)11-20-15(18)13-7-5-4-6-8-13/h4-8,12,14H,9-11H2,1-3H3. The molecule has 2 rings (SSSR count). The molecule has 114 valence electrons. The summed E-state index contributed by atoms with van der Waals surface area (Å²) >= 11 is 0. The van der Waals surface area contributed by atoms with Gasteiger partial charge in [0.1, 0.15) is 0 Å². The van der Waals surface area contributed by atoms with Crippen LogP contribution in [0.1, 0.15) is 37.6 Å². The molecule has 1 aliphatic rings. The van der Waals surface area contributed by atoms with Crippen LogP contribution < -0.4 is 0 Å². The number of rotatable bonds is 6. The zero-order valence-electron chi connectivity index (χ0n) is 12.8. The first-order valence-electron chi connectivity index (χ1n) is 7.33. The smallest absolute Gasteiger partial charge is 0.338 e. The largest absolute Gasteiger partial charge is 0.465 e. The van der Waals surface area contributed by atoms with Crippen molar-refractivity contribution in [1.29, 1.82) is 0 Å². The lowest BCUT2D eigenvalue weighted by Crippen LogP contribution is -2.22. The molecule has 2 unspecified atom stereocenters. The van der Waals surface area contributed by atoms with Crippen molar-refractivity contribution in [2.75, 3.05) is 13.2 Å². The number of esters is 2. The van der Waals surface area contributed by atoms with Crippen molar-refractivity contribution >= 4 is 11.9 Å². The van der Waals surface area contributed by atoms with Crippen LogP contribution in [0.3, 0.4) is 0 Å². The Kier molecular flexibility index (Phi) is 4.66. The third-order valence-corrected chi connectivity index (χ3v) is 3.85. The number of carbonyl (C=O) groups excluding carboxylic acids is 2. The Bertz CT molecular complexity index is 509. The highest BCUT2D eigenvalue weighted by Gasteiger charge is 2.57. The van der Waals surface area contributed by atoms with Gasteiger partial charge in [-0.3, -0.25) is 4.79 Å². The van der Waals surface area contributed by atoms with Gasteiger partial charge in [-0.1, -0.05) is 32.0 Å². The summed E-state index contributed by atoms with van der Waals surface area (Å²) in [5.41, 5.74) is 0.0357. The first kappa shape index (κ1) is 15.5. The fourth-order valence-corrected chi connectivity index (χ4v) is 2.19. The molecule has 0 saturated heterocycles. The molecule has 1 fully saturated rings. The molecule has 0 bridgehead atoms. The van der Waals surface area contributed by atoms with Crippen LogP contribution in [-0.2, 0) is 14.3 Å². The first-order valence-corrected chi connectivity index (χ1v) is 7.33. The maximum atomic E-state index is 12.0. The van der Waals surface area contributed by atoms with E-state index in [0.29, 0.717) is 24.5 Å². The molecule has 0 radical (unpaired) electrons. The van der Waals surface area contributed by atoms with Gasteiger partial charge in [0.05, 0.1) is 24.2 Å². The first-order chi connectivity index (χ1) is 9.93. The van der Waals surface area contributed by atoms with Crippen molar-refractivity contribution in [2.45, 2.75) is 27.2 Å². The fourth-order valence-electron chi connectivity index (χ4n) is 2.19. The molecule has 4 heteroatoms. The molecule has 1 saturated carbocycles. The fraction of sp³-hybridized carbons (Fsp3) is 0.529. The Balaban J connectivity index is 1.78. The second-order valence-electron chi connectivity index (χ2n) is 6.28. The van der Waals surface area contributed by atoms with E-state index in [-0.39, 0.29) is 24.5 Å². The van der Waals surface area contributed by atoms with Crippen molar-refractivity contribution in [3.8, 4) is 0 Å². The maximum Gasteiger partial charge on any atom is 0.338 e. The summed E-state index contributed by atoms with van der Waals surface area (Å²) in [5, 5.41) is 0. The van der Waals surface area contributed by atoms with Gasteiger partial charge in [-0.15, -0.1) is 0 Å². The SMILES string of the molecule is CC(C)COC(=O)C1(C)CC1COC(=O)c1ccccc1. The van der Waals surface area contributed by atoms with Gasteiger partial charge >= 0.3 is 11.9 Å². The summed E-state index contributed by atoms with van der Waals surface area (Å²) in [6, 6.07) is 8.86. The third-order valence-electron chi connectivity index (χ3n) is 3.85. The molecule has 2 atom stereocenters. The monoisotopic (exact) mass is 290 g/mol. The topological polar surface area (TPSA) is 52.6 Å². The molecule has 0 amide bonds. The Labute approximate surface area is 125 Å². The average molecular weight is 290 g/mol. The zero-order valence-corrected chi connectivity index (χ0v) is 12.8. The number of benzene rings is 1. The van der Waals surface area contributed by atoms with Crippen LogP contribution in [0, 0.1) is 17.3 Å². The molecule has 0 N–H and O–H groups in total. The predicted octanol–water partition coefficient (Wildman–Crippen LogP) is 3.07. The summed E-state index contributed by atoms with van der Waals surface area (Å²) in [6.45, 7) is 6.58. The van der Waals surface area contributed by atoms with Crippen molar-refractivity contribution in [2.24, 2.45) is 17.3 Å². The second-order valence-corrected chi connectivity index (χ2v) is 6.28. The van der Waals surface area contributed by atoms with Gasteiger partial charge in [0.25, 0.3) is 0 Å². The van der Waals surface area contributed by atoms with Crippen LogP contribution in [0.25, 0.3) is 0 Å². The Morgan fingerprint density at radius 2 is 1.90 bits per heavy atom. The number of ether oxygens (including phenoxy) is 2. The minimum Gasteiger partial charge on any atom is -0.465 e. The lowest BCUT2D eigenvalue weighted by atomic mass is 10.1. The van der Waals surface area contributed by atoms with E-state index in [4.69, 9.17) is 9.47 Å². The van der Waals surface area contributed by atoms with E-state index in [1.54, 1.807) is 24.3 Å². The van der Waals surface area contributed by atoms with Crippen LogP contribution in [-0.4, -0.2) is 25.2 Å². The molecule has 0 aromatic heterocycles. The predicted molar refractivity (Wildman–Crippen MR) is 78.7 cm³/mol. The Hall–Kier alpha value is -1.84. The maximum absolute atomic E-state index is 12.0. The summed E-state index contributed by atoms with van der Waals surface area (Å²) in [4.78, 5) is 23.8. The molecule has 21 heavy (non-hydrogen) atoms. The van der Waals surface area contributed by atoms with Gasteiger partial charge in [-0.2, -0.15) is 0 Å². The summed E-state index contributed by atoms with van der Waals surface area (Å²) in [5.74, 6) is -0.146. The minimum absolute atomic E-state index is 0.0600. The van der Waals surface area contributed by atoms with Gasteiger partial charge < -0.3 is 9.47 Å². The molecular weight excluding hydrogens is 268 g/mol. The molecule has 0 heterocycles. The highest BCUT2D eigenvalue weighted by atomic mass is 16.5. The van der Waals surface area contributed by atoms with Crippen molar-refractivity contribution in [1.82, 2.24) is 0 Å². The van der Waals surface area contributed by atoms with Crippen molar-refractivity contribution in [3.63, 3.8) is 0 Å². The van der Waals surface area contributed by atoms with E-state index in [9.17, 15) is 9.59 Å². The molecule has 0 spiro atoms. The molecule has 1 aromatic carbocycles. The third kappa shape index (κ3) is 3.84. The van der Waals surface area contributed by atoms with Gasteiger partial charge in [-0.05, 0) is 31.4 Å². The van der Waals surface area contributed by atoms with E-state index >= 15 is 0 Å². The average Bonchev–Trinajstić information content (AvgIpc) is 3.15. The molecule has 1 aromatic rings. The zero-order chi connectivity index (χ0) is 15.5. The van der Waals surface area contributed by atoms with Gasteiger partial charge in [0.15, 0.2) is 0 Å². The van der Waals surface area contributed by atoms with Crippen LogP contribution in [0.2, 0.25) is 0 Å². The van der Waals surface area contributed by atoms with E-state index < -0.39 is 5.41 Å². The van der Waals surface area contributed by atoms with E-state index in [0.717, 1.165) is 0 Å². The quantitative estimate of drug-likeness (QED) is 0.756. The van der Waals surface area contributed by atoms with Crippen molar-refractivity contribution < 1.29 is 19.1 Å². The van der Waals surface area contributed by atoms with Crippen LogP contribution >= 0.6 is 0 Å². The number of carbonyl (C=O) groups is 2. The summed E-state index contributed by atoms with van der Waals surface area (Å²) in [6.07, 6.45) is 0.714. The molecule has 1 aliphatic carbocycles. The van der Waals surface area contributed by atoms with Crippen LogP contribution in [0.4, 0.5) is 0 Å². The Morgan fingerprint density at radius 3 is 2.52 bits per heavy atom. The molecule has 4 nitrogen and oxygen atoms in total. The summed E-state index contributed by atoms with van der Waals surface area (Å²) < 4.78 is 10.5. The lowest BCUT2D eigenvalue weighted by Gasteiger charge is -2.13. The Morgan fingerprint density at radius 1 is 1.24 bits per heavy atom. The normalized spacial score (nSPS) is 23.7. The highest BCUT2D eigenvalue weighted by molar-refractivity contribution is 5.89. The van der Waals surface area contributed by atoms with E-state index in [1.807, 2.05) is 26.8 Å². The van der Waals surface area contributed by atoms with Crippen LogP contribution in [0.5, 0.6) is 0 Å². The number of hydrogen-bond donors (Lipinski definition) is 0. The van der Waals surface area contributed by atoms with Gasteiger partial charge in [0, 0.05) is 5.92 Å². The van der Waals surface area contributed by atoms with E-state index in [2.05, 4.69) is 0 Å². The molecule has 0 aliphatic heterocycles. The molecular formula is C17H22O4. The van der Waals surface area contributed by atoms with E-state index in [1.165, 1.54) is 0 Å². The van der Waals surface area contributed by atoms with Gasteiger partial charge in [0.2, 0.25) is 0 Å². The van der Waals surface area contributed by atoms with Crippen molar-refractivity contribution in [3.05, 3.63) is 35.9 Å². The lowest BCUT2D eigenvalue weighted by molar-refractivity contribution is -0.151. The highest BCUT2D eigenvalue weighted by Crippen LogP contribution is 2.53. The minimum atomic E-state index is -0.494.